The third-order valence-electron chi connectivity index (χ3n) is 3.10. The fourth-order valence-corrected chi connectivity index (χ4v) is 2.43. The fourth-order valence-electron chi connectivity index (χ4n) is 2.12. The minimum Gasteiger partial charge on any atom is -0.493 e. The maximum atomic E-state index is 5.41. The summed E-state index contributed by atoms with van der Waals surface area (Å²) in [5, 5.41) is 0. The zero-order valence-corrected chi connectivity index (χ0v) is 12.6. The largest absolute Gasteiger partial charge is 0.493 e. The van der Waals surface area contributed by atoms with Crippen LogP contribution in [0.4, 0.5) is 5.82 Å². The van der Waals surface area contributed by atoms with E-state index in [2.05, 4.69) is 39.7 Å². The highest BCUT2D eigenvalue weighted by atomic mass is 79.9. The highest BCUT2D eigenvalue weighted by Gasteiger charge is 2.27. The summed E-state index contributed by atoms with van der Waals surface area (Å²) in [7, 11) is 1.67. The van der Waals surface area contributed by atoms with Crippen LogP contribution in [0.3, 0.4) is 0 Å². The van der Waals surface area contributed by atoms with Crippen LogP contribution in [0.25, 0.3) is 0 Å². The Hall–Kier alpha value is -1.10. The lowest BCUT2D eigenvalue weighted by Crippen LogP contribution is -2.29. The lowest BCUT2D eigenvalue weighted by molar-refractivity contribution is 0.413. The molecule has 1 aliphatic rings. The molecule has 2 rings (SSSR count). The van der Waals surface area contributed by atoms with Crippen molar-refractivity contribution < 1.29 is 4.74 Å². The van der Waals surface area contributed by atoms with Crippen LogP contribution in [0, 0.1) is 0 Å². The Morgan fingerprint density at radius 3 is 2.89 bits per heavy atom. The SMILES string of the molecule is CCC1=NC(CC)CN1c1ncc(Br)cc1OC. The Morgan fingerprint density at radius 1 is 1.50 bits per heavy atom. The molecule has 4 nitrogen and oxygen atoms in total. The topological polar surface area (TPSA) is 37.7 Å². The number of aliphatic imine (C=N–C) groups is 1. The van der Waals surface area contributed by atoms with Gasteiger partial charge in [0.1, 0.15) is 5.84 Å². The van der Waals surface area contributed by atoms with Gasteiger partial charge in [-0.1, -0.05) is 13.8 Å². The fraction of sp³-hybridized carbons (Fsp3) is 0.538. The first-order chi connectivity index (χ1) is 8.69. The third kappa shape index (κ3) is 2.51. The van der Waals surface area contributed by atoms with Crippen molar-refractivity contribution in [2.24, 2.45) is 4.99 Å². The van der Waals surface area contributed by atoms with E-state index in [4.69, 9.17) is 9.73 Å². The summed E-state index contributed by atoms with van der Waals surface area (Å²) in [5.74, 6) is 2.73. The molecule has 1 aliphatic heterocycles. The number of nitrogens with zero attached hydrogens (tertiary/aromatic N) is 3. The number of pyridine rings is 1. The molecule has 0 saturated carbocycles. The van der Waals surface area contributed by atoms with Gasteiger partial charge in [-0.2, -0.15) is 0 Å². The van der Waals surface area contributed by atoms with Crippen LogP contribution >= 0.6 is 15.9 Å². The first-order valence-corrected chi connectivity index (χ1v) is 7.02. The molecule has 1 unspecified atom stereocenters. The van der Waals surface area contributed by atoms with E-state index in [1.807, 2.05) is 6.07 Å². The lowest BCUT2D eigenvalue weighted by Gasteiger charge is -2.21. The lowest BCUT2D eigenvalue weighted by atomic mass is 10.2. The van der Waals surface area contributed by atoms with Gasteiger partial charge in [0.05, 0.1) is 13.2 Å². The molecule has 0 amide bonds. The highest BCUT2D eigenvalue weighted by Crippen LogP contribution is 2.31. The van der Waals surface area contributed by atoms with Gasteiger partial charge in [-0.3, -0.25) is 4.99 Å². The van der Waals surface area contributed by atoms with Crippen molar-refractivity contribution in [3.8, 4) is 5.75 Å². The van der Waals surface area contributed by atoms with E-state index in [1.54, 1.807) is 13.3 Å². The van der Waals surface area contributed by atoms with Gasteiger partial charge in [0.25, 0.3) is 0 Å². The van der Waals surface area contributed by atoms with Crippen LogP contribution in [0.15, 0.2) is 21.7 Å². The van der Waals surface area contributed by atoms with E-state index in [0.717, 1.165) is 41.3 Å². The molecule has 0 spiro atoms. The van der Waals surface area contributed by atoms with Gasteiger partial charge >= 0.3 is 0 Å². The Morgan fingerprint density at radius 2 is 2.28 bits per heavy atom. The summed E-state index contributed by atoms with van der Waals surface area (Å²) in [6, 6.07) is 2.31. The van der Waals surface area contributed by atoms with E-state index in [0.29, 0.717) is 6.04 Å². The summed E-state index contributed by atoms with van der Waals surface area (Å²) >= 11 is 3.41. The van der Waals surface area contributed by atoms with Crippen LogP contribution in [-0.2, 0) is 0 Å². The number of amidine groups is 1. The molecular formula is C13H18BrN3O. The molecule has 1 atom stereocenters. The van der Waals surface area contributed by atoms with Crippen molar-refractivity contribution in [3.63, 3.8) is 0 Å². The van der Waals surface area contributed by atoms with Crippen molar-refractivity contribution in [1.29, 1.82) is 0 Å². The zero-order valence-electron chi connectivity index (χ0n) is 11.0. The number of ether oxygens (including phenoxy) is 1. The Kier molecular flexibility index (Phi) is 4.22. The molecule has 2 heterocycles. The van der Waals surface area contributed by atoms with Crippen LogP contribution in [0.5, 0.6) is 5.75 Å². The van der Waals surface area contributed by atoms with E-state index in [1.165, 1.54) is 0 Å². The summed E-state index contributed by atoms with van der Waals surface area (Å²) in [6.45, 7) is 5.18. The van der Waals surface area contributed by atoms with Crippen LogP contribution < -0.4 is 9.64 Å². The molecule has 0 saturated heterocycles. The predicted molar refractivity (Wildman–Crippen MR) is 77.6 cm³/mol. The van der Waals surface area contributed by atoms with Gasteiger partial charge in [-0.15, -0.1) is 0 Å². The molecule has 1 aromatic rings. The molecular weight excluding hydrogens is 294 g/mol. The van der Waals surface area contributed by atoms with Crippen LogP contribution in [-0.4, -0.2) is 30.5 Å². The summed E-state index contributed by atoms with van der Waals surface area (Å²) in [6.07, 6.45) is 3.76. The molecule has 0 fully saturated rings. The normalized spacial score (nSPS) is 19.0. The third-order valence-corrected chi connectivity index (χ3v) is 3.53. The molecule has 0 radical (unpaired) electrons. The second kappa shape index (κ2) is 5.69. The number of aromatic nitrogens is 1. The minimum atomic E-state index is 0.370. The van der Waals surface area contributed by atoms with Crippen LogP contribution in [0.1, 0.15) is 26.7 Å². The number of rotatable bonds is 4. The smallest absolute Gasteiger partial charge is 0.176 e. The molecule has 0 bridgehead atoms. The zero-order chi connectivity index (χ0) is 13.1. The molecule has 0 N–H and O–H groups in total. The molecule has 0 aromatic carbocycles. The van der Waals surface area contributed by atoms with E-state index < -0.39 is 0 Å². The molecule has 0 aliphatic carbocycles. The quantitative estimate of drug-likeness (QED) is 0.856. The van der Waals surface area contributed by atoms with Gasteiger partial charge in [0.15, 0.2) is 11.6 Å². The van der Waals surface area contributed by atoms with E-state index in [-0.39, 0.29) is 0 Å². The van der Waals surface area contributed by atoms with Crippen molar-refractivity contribution >= 4 is 27.6 Å². The average molecular weight is 312 g/mol. The summed E-state index contributed by atoms with van der Waals surface area (Å²) in [4.78, 5) is 11.4. The van der Waals surface area contributed by atoms with Gasteiger partial charge in [0, 0.05) is 23.6 Å². The van der Waals surface area contributed by atoms with Crippen molar-refractivity contribution in [2.75, 3.05) is 18.6 Å². The van der Waals surface area contributed by atoms with Gasteiger partial charge in [-0.05, 0) is 28.4 Å². The monoisotopic (exact) mass is 311 g/mol. The van der Waals surface area contributed by atoms with Crippen molar-refractivity contribution in [2.45, 2.75) is 32.7 Å². The number of methoxy groups -OCH3 is 1. The molecule has 18 heavy (non-hydrogen) atoms. The van der Waals surface area contributed by atoms with E-state index >= 15 is 0 Å². The number of anilines is 1. The standard InChI is InChI=1S/C13H18BrN3O/c1-4-10-8-17(12(5-2)16-10)13-11(18-3)6-9(14)7-15-13/h6-7,10H,4-5,8H2,1-3H3. The van der Waals surface area contributed by atoms with Gasteiger partial charge in [0.2, 0.25) is 0 Å². The van der Waals surface area contributed by atoms with Gasteiger partial charge in [-0.25, -0.2) is 4.98 Å². The Bertz CT molecular complexity index is 462. The molecule has 5 heteroatoms. The summed E-state index contributed by atoms with van der Waals surface area (Å²) in [5.41, 5.74) is 0. The number of hydrogen-bond donors (Lipinski definition) is 0. The van der Waals surface area contributed by atoms with Crippen molar-refractivity contribution in [1.82, 2.24) is 4.98 Å². The maximum Gasteiger partial charge on any atom is 0.176 e. The number of halogens is 1. The molecule has 98 valence electrons. The van der Waals surface area contributed by atoms with E-state index in [9.17, 15) is 0 Å². The Labute approximate surface area is 116 Å². The van der Waals surface area contributed by atoms with Gasteiger partial charge < -0.3 is 9.64 Å². The summed E-state index contributed by atoms with van der Waals surface area (Å²) < 4.78 is 6.33. The van der Waals surface area contributed by atoms with Crippen LogP contribution in [0.2, 0.25) is 0 Å². The number of hydrogen-bond acceptors (Lipinski definition) is 4. The highest BCUT2D eigenvalue weighted by molar-refractivity contribution is 9.10. The maximum absolute atomic E-state index is 5.41. The second-order valence-corrected chi connectivity index (χ2v) is 5.17. The first kappa shape index (κ1) is 13.3. The predicted octanol–water partition coefficient (Wildman–Crippen LogP) is 3.26. The first-order valence-electron chi connectivity index (χ1n) is 6.23. The average Bonchev–Trinajstić information content (AvgIpc) is 2.81. The Balaban J connectivity index is 2.34. The van der Waals surface area contributed by atoms with Crippen molar-refractivity contribution in [3.05, 3.63) is 16.7 Å². The second-order valence-electron chi connectivity index (χ2n) is 4.25. The minimum absolute atomic E-state index is 0.370. The molecule has 1 aromatic heterocycles.